The molecule has 0 saturated heterocycles. The van der Waals surface area contributed by atoms with E-state index < -0.39 is 16.4 Å². The highest BCUT2D eigenvalue weighted by Crippen LogP contribution is 2.61. The minimum atomic E-state index is -0.777. The minimum Gasteiger partial charge on any atom is -0.379 e. The molecule has 0 atom stereocenters. The molecule has 1 N–H and O–H groups in total. The van der Waals surface area contributed by atoms with Gasteiger partial charge in [-0.25, -0.2) is 0 Å². The van der Waals surface area contributed by atoms with Crippen LogP contribution in [0.15, 0.2) is 18.2 Å². The van der Waals surface area contributed by atoms with E-state index in [1.54, 1.807) is 6.07 Å². The van der Waals surface area contributed by atoms with Gasteiger partial charge in [-0.1, -0.05) is 6.07 Å². The molecule has 0 heterocycles. The number of hydrogen-bond acceptors (Lipinski definition) is 3. The second kappa shape index (κ2) is 3.93. The number of benzene rings is 1. The summed E-state index contributed by atoms with van der Waals surface area (Å²) in [7, 11) is 0. The summed E-state index contributed by atoms with van der Waals surface area (Å²) in [5.74, 6) is -0.00103. The summed E-state index contributed by atoms with van der Waals surface area (Å²) >= 11 is 0. The lowest BCUT2D eigenvalue weighted by Gasteiger charge is -2.16. The molecular formula is C13H15FN2O2. The molecule has 0 radical (unpaired) electrons. The quantitative estimate of drug-likeness (QED) is 0.644. The molecule has 0 aromatic heterocycles. The van der Waals surface area contributed by atoms with E-state index in [-0.39, 0.29) is 0 Å². The fourth-order valence-electron chi connectivity index (χ4n) is 2.70. The smallest absolute Gasteiger partial charge is 0.327 e. The Morgan fingerprint density at radius 1 is 1.44 bits per heavy atom. The third kappa shape index (κ3) is 1.94. The Bertz CT molecular complexity index is 496. The van der Waals surface area contributed by atoms with Crippen LogP contribution in [0.25, 0.3) is 0 Å². The molecule has 0 amide bonds. The molecular weight excluding hydrogens is 235 g/mol. The number of nitrogens with one attached hydrogen (secondary N) is 1. The molecule has 18 heavy (non-hydrogen) atoms. The number of halogens is 1. The first-order valence-corrected chi connectivity index (χ1v) is 6.29. The molecule has 0 aliphatic heterocycles. The number of para-hydroxylation sites is 1. The zero-order valence-corrected chi connectivity index (χ0v) is 9.99. The Morgan fingerprint density at radius 3 is 2.72 bits per heavy atom. The molecule has 1 aromatic carbocycles. The molecule has 96 valence electrons. The number of nitro benzene ring substituents is 1. The van der Waals surface area contributed by atoms with Gasteiger partial charge >= 0.3 is 5.69 Å². The van der Waals surface area contributed by atoms with Crippen LogP contribution in [0, 0.1) is 27.3 Å². The predicted octanol–water partition coefficient (Wildman–Crippen LogP) is 3.34. The van der Waals surface area contributed by atoms with Gasteiger partial charge in [0.2, 0.25) is 5.82 Å². The van der Waals surface area contributed by atoms with E-state index in [9.17, 15) is 14.5 Å². The molecule has 3 rings (SSSR count). The van der Waals surface area contributed by atoms with Crippen LogP contribution in [-0.4, -0.2) is 11.5 Å². The Kier molecular flexibility index (Phi) is 2.50. The van der Waals surface area contributed by atoms with Crippen LogP contribution in [0.3, 0.4) is 0 Å². The molecule has 2 aliphatic carbocycles. The van der Waals surface area contributed by atoms with Crippen molar-refractivity contribution in [3.63, 3.8) is 0 Å². The van der Waals surface area contributed by atoms with Crippen molar-refractivity contribution in [3.05, 3.63) is 34.1 Å². The predicted molar refractivity (Wildman–Crippen MR) is 65.9 cm³/mol. The Hall–Kier alpha value is -1.65. The summed E-state index contributed by atoms with van der Waals surface area (Å²) in [4.78, 5) is 10.2. The standard InChI is InChI=1S/C13H15FN2O2/c14-10-2-1-3-11(12(10)16(17)18)15-8-13(6-7-13)9-4-5-9/h1-3,9,15H,4-8H2. The maximum Gasteiger partial charge on any atom is 0.327 e. The third-order valence-corrected chi connectivity index (χ3v) is 4.14. The van der Waals surface area contributed by atoms with Gasteiger partial charge < -0.3 is 5.32 Å². The zero-order chi connectivity index (χ0) is 12.8. The zero-order valence-electron chi connectivity index (χ0n) is 9.99. The Balaban J connectivity index is 1.76. The van der Waals surface area contributed by atoms with E-state index >= 15 is 0 Å². The van der Waals surface area contributed by atoms with Crippen LogP contribution in [-0.2, 0) is 0 Å². The Morgan fingerprint density at radius 2 is 2.17 bits per heavy atom. The normalized spacial score (nSPS) is 20.5. The lowest BCUT2D eigenvalue weighted by atomic mass is 10.0. The van der Waals surface area contributed by atoms with E-state index in [1.165, 1.54) is 31.7 Å². The highest BCUT2D eigenvalue weighted by Gasteiger charge is 2.53. The van der Waals surface area contributed by atoms with Gasteiger partial charge in [0.05, 0.1) is 4.92 Å². The van der Waals surface area contributed by atoms with Gasteiger partial charge in [-0.3, -0.25) is 10.1 Å². The van der Waals surface area contributed by atoms with Gasteiger partial charge in [0.25, 0.3) is 0 Å². The van der Waals surface area contributed by atoms with Crippen molar-refractivity contribution in [2.24, 2.45) is 11.3 Å². The number of rotatable bonds is 5. The molecule has 5 heteroatoms. The van der Waals surface area contributed by atoms with Crippen molar-refractivity contribution in [2.45, 2.75) is 25.7 Å². The van der Waals surface area contributed by atoms with Gasteiger partial charge in [-0.05, 0) is 49.1 Å². The summed E-state index contributed by atoms with van der Waals surface area (Å²) in [6.07, 6.45) is 4.92. The Labute approximate surface area is 104 Å². The van der Waals surface area contributed by atoms with Crippen LogP contribution in [0.2, 0.25) is 0 Å². The first kappa shape index (κ1) is 11.4. The highest BCUT2D eigenvalue weighted by atomic mass is 19.1. The van der Waals surface area contributed by atoms with Crippen molar-refractivity contribution in [1.29, 1.82) is 0 Å². The van der Waals surface area contributed by atoms with Crippen molar-refractivity contribution in [2.75, 3.05) is 11.9 Å². The molecule has 2 fully saturated rings. The largest absolute Gasteiger partial charge is 0.379 e. The SMILES string of the molecule is O=[N+]([O-])c1c(F)cccc1NCC1(C2CC2)CC1. The average Bonchev–Trinajstić information content (AvgIpc) is 3.17. The fraction of sp³-hybridized carbons (Fsp3) is 0.538. The second-order valence-corrected chi connectivity index (χ2v) is 5.38. The van der Waals surface area contributed by atoms with Crippen LogP contribution < -0.4 is 5.32 Å². The maximum atomic E-state index is 13.4. The third-order valence-electron chi connectivity index (χ3n) is 4.14. The lowest BCUT2D eigenvalue weighted by Crippen LogP contribution is -2.18. The van der Waals surface area contributed by atoms with Gasteiger partial charge in [-0.15, -0.1) is 0 Å². The summed E-state index contributed by atoms with van der Waals surface area (Å²) in [6.45, 7) is 0.724. The molecule has 0 bridgehead atoms. The number of nitrogens with zero attached hydrogens (tertiary/aromatic N) is 1. The van der Waals surface area contributed by atoms with Gasteiger partial charge in [0, 0.05) is 6.54 Å². The minimum absolute atomic E-state index is 0.298. The first-order chi connectivity index (χ1) is 8.62. The van der Waals surface area contributed by atoms with Crippen molar-refractivity contribution >= 4 is 11.4 Å². The summed E-state index contributed by atoms with van der Waals surface area (Å²) in [5.41, 5.74) is 0.191. The van der Waals surface area contributed by atoms with Crippen LogP contribution in [0.4, 0.5) is 15.8 Å². The summed E-state index contributed by atoms with van der Waals surface area (Å²) in [6, 6.07) is 4.20. The maximum absolute atomic E-state index is 13.4. The molecule has 4 nitrogen and oxygen atoms in total. The van der Waals surface area contributed by atoms with E-state index in [1.807, 2.05) is 0 Å². The fourth-order valence-corrected chi connectivity index (χ4v) is 2.70. The van der Waals surface area contributed by atoms with Crippen molar-refractivity contribution in [3.8, 4) is 0 Å². The topological polar surface area (TPSA) is 55.2 Å². The van der Waals surface area contributed by atoms with E-state index in [2.05, 4.69) is 5.32 Å². The lowest BCUT2D eigenvalue weighted by molar-refractivity contribution is -0.386. The highest BCUT2D eigenvalue weighted by molar-refractivity contribution is 5.62. The first-order valence-electron chi connectivity index (χ1n) is 6.29. The molecule has 0 unspecified atom stereocenters. The van der Waals surface area contributed by atoms with Crippen molar-refractivity contribution in [1.82, 2.24) is 0 Å². The van der Waals surface area contributed by atoms with E-state index in [4.69, 9.17) is 0 Å². The second-order valence-electron chi connectivity index (χ2n) is 5.38. The summed E-state index contributed by atoms with van der Waals surface area (Å²) in [5, 5.41) is 13.9. The van der Waals surface area contributed by atoms with Gasteiger partial charge in [0.1, 0.15) is 5.69 Å². The van der Waals surface area contributed by atoms with Gasteiger partial charge in [0.15, 0.2) is 0 Å². The van der Waals surface area contributed by atoms with Crippen molar-refractivity contribution < 1.29 is 9.31 Å². The van der Waals surface area contributed by atoms with Gasteiger partial charge in [-0.2, -0.15) is 4.39 Å². The molecule has 2 aliphatic rings. The molecule has 0 spiro atoms. The van der Waals surface area contributed by atoms with E-state index in [0.29, 0.717) is 11.1 Å². The summed E-state index contributed by atoms with van der Waals surface area (Å²) < 4.78 is 13.4. The van der Waals surface area contributed by atoms with Crippen LogP contribution in [0.5, 0.6) is 0 Å². The van der Waals surface area contributed by atoms with E-state index in [0.717, 1.165) is 18.5 Å². The number of nitro groups is 1. The number of anilines is 1. The number of hydrogen-bond donors (Lipinski definition) is 1. The van der Waals surface area contributed by atoms with Crippen LogP contribution >= 0.6 is 0 Å². The monoisotopic (exact) mass is 250 g/mol. The molecule has 2 saturated carbocycles. The average molecular weight is 250 g/mol. The molecule has 1 aromatic rings. The van der Waals surface area contributed by atoms with Crippen LogP contribution in [0.1, 0.15) is 25.7 Å².